The van der Waals surface area contributed by atoms with Crippen molar-refractivity contribution in [2.75, 3.05) is 12.4 Å². The summed E-state index contributed by atoms with van der Waals surface area (Å²) < 4.78 is 107. The molecule has 202 valence electrons. The third kappa shape index (κ3) is 6.49. The summed E-state index contributed by atoms with van der Waals surface area (Å²) in [6.07, 6.45) is -8.98. The molecule has 0 spiro atoms. The number of ketones is 1. The monoisotopic (exact) mass is 546 g/mol. The molecule has 0 fully saturated rings. The molecule has 0 saturated heterocycles. The third-order valence-corrected chi connectivity index (χ3v) is 4.94. The van der Waals surface area contributed by atoms with Gasteiger partial charge in [0.1, 0.15) is 22.8 Å². The van der Waals surface area contributed by atoms with E-state index in [9.17, 15) is 35.9 Å². The minimum Gasteiger partial charge on any atom is -0.493 e. The van der Waals surface area contributed by atoms with E-state index in [1.807, 2.05) is 0 Å². The molecular weight excluding hydrogens is 529 g/mol. The van der Waals surface area contributed by atoms with Crippen LogP contribution in [0.5, 0.6) is 23.0 Å². The van der Waals surface area contributed by atoms with Crippen LogP contribution in [0.25, 0.3) is 0 Å². The number of aromatic nitrogens is 1. The van der Waals surface area contributed by atoms with E-state index in [-0.39, 0.29) is 22.9 Å². The van der Waals surface area contributed by atoms with Gasteiger partial charge >= 0.3 is 12.5 Å². The molecule has 0 saturated carbocycles. The molecule has 3 rings (SSSR count). The molecule has 0 atom stereocenters. The lowest BCUT2D eigenvalue weighted by Crippen LogP contribution is -2.19. The number of anilines is 1. The standard InChI is InChI=1S/C24H17F7N2O5/c1-11-10-32-16(12(2)34)9-15(11)33-22(35)20-18(7-5-14(21(20)25)23(26,27)28)37-17-6-4-13(8-19(17)36-3)38-24(29,30)31/h4-10H,1-3H3,(H,32,33,35). The zero-order valence-electron chi connectivity index (χ0n) is 19.7. The summed E-state index contributed by atoms with van der Waals surface area (Å²) in [5.74, 6) is -5.96. The first-order valence-corrected chi connectivity index (χ1v) is 10.4. The number of hydrogen-bond donors (Lipinski definition) is 1. The van der Waals surface area contributed by atoms with Crippen molar-refractivity contribution in [3.05, 3.63) is 70.8 Å². The molecule has 38 heavy (non-hydrogen) atoms. The fraction of sp³-hybridized carbons (Fsp3) is 0.208. The molecular formula is C24H17F7N2O5. The average Bonchev–Trinajstić information content (AvgIpc) is 2.79. The molecule has 0 aliphatic carbocycles. The average molecular weight is 546 g/mol. The quantitative estimate of drug-likeness (QED) is 0.262. The second-order valence-electron chi connectivity index (χ2n) is 7.66. The summed E-state index contributed by atoms with van der Waals surface area (Å²) in [7, 11) is 1.05. The van der Waals surface area contributed by atoms with Crippen molar-refractivity contribution in [2.45, 2.75) is 26.4 Å². The van der Waals surface area contributed by atoms with E-state index in [0.29, 0.717) is 17.7 Å². The number of carbonyl (C=O) groups is 2. The number of hydrogen-bond acceptors (Lipinski definition) is 6. The van der Waals surface area contributed by atoms with Crippen LogP contribution in [0.3, 0.4) is 0 Å². The highest BCUT2D eigenvalue weighted by molar-refractivity contribution is 6.07. The van der Waals surface area contributed by atoms with E-state index < -0.39 is 52.7 Å². The number of rotatable bonds is 7. The van der Waals surface area contributed by atoms with Crippen LogP contribution in [0.4, 0.5) is 36.4 Å². The van der Waals surface area contributed by atoms with Crippen molar-refractivity contribution in [1.82, 2.24) is 4.98 Å². The number of methoxy groups -OCH3 is 1. The van der Waals surface area contributed by atoms with Gasteiger partial charge in [-0.2, -0.15) is 13.2 Å². The fourth-order valence-corrected chi connectivity index (χ4v) is 3.16. The molecule has 14 heteroatoms. The van der Waals surface area contributed by atoms with E-state index in [1.165, 1.54) is 20.0 Å². The molecule has 7 nitrogen and oxygen atoms in total. The first kappa shape index (κ1) is 28.2. The minimum absolute atomic E-state index is 0.0378. The maximum absolute atomic E-state index is 15.1. The molecule has 3 aromatic rings. The number of alkyl halides is 6. The predicted molar refractivity (Wildman–Crippen MR) is 118 cm³/mol. The normalized spacial score (nSPS) is 11.6. The maximum atomic E-state index is 15.1. The van der Waals surface area contributed by atoms with Crippen molar-refractivity contribution in [2.24, 2.45) is 0 Å². The lowest BCUT2D eigenvalue weighted by Gasteiger charge is -2.18. The van der Waals surface area contributed by atoms with Crippen molar-refractivity contribution < 1.29 is 54.5 Å². The largest absolute Gasteiger partial charge is 0.573 e. The van der Waals surface area contributed by atoms with Crippen LogP contribution < -0.4 is 19.5 Å². The number of aryl methyl sites for hydroxylation is 1. The van der Waals surface area contributed by atoms with Gasteiger partial charge in [-0.25, -0.2) is 4.39 Å². The van der Waals surface area contributed by atoms with Crippen LogP contribution in [0.1, 0.15) is 38.9 Å². The first-order valence-electron chi connectivity index (χ1n) is 10.4. The van der Waals surface area contributed by atoms with Gasteiger partial charge in [-0.15, -0.1) is 13.2 Å². The summed E-state index contributed by atoms with van der Waals surface area (Å²) in [6, 6.07) is 4.66. The fourth-order valence-electron chi connectivity index (χ4n) is 3.16. The van der Waals surface area contributed by atoms with E-state index in [4.69, 9.17) is 9.47 Å². The summed E-state index contributed by atoms with van der Waals surface area (Å²) in [5.41, 5.74) is -2.74. The minimum atomic E-state index is -5.18. The molecule has 2 aromatic carbocycles. The number of benzene rings is 2. The number of ether oxygens (including phenoxy) is 3. The van der Waals surface area contributed by atoms with Crippen LogP contribution in [-0.4, -0.2) is 30.1 Å². The molecule has 0 unspecified atom stereocenters. The highest BCUT2D eigenvalue weighted by Gasteiger charge is 2.38. The van der Waals surface area contributed by atoms with Crippen LogP contribution in [-0.2, 0) is 6.18 Å². The summed E-state index contributed by atoms with van der Waals surface area (Å²) in [4.78, 5) is 28.5. The highest BCUT2D eigenvalue weighted by Crippen LogP contribution is 2.41. The Kier molecular flexibility index (Phi) is 7.84. The molecule has 0 aliphatic rings. The van der Waals surface area contributed by atoms with Gasteiger partial charge in [0.05, 0.1) is 12.7 Å². The van der Waals surface area contributed by atoms with Crippen molar-refractivity contribution in [3.8, 4) is 23.0 Å². The van der Waals surface area contributed by atoms with Gasteiger partial charge in [-0.05, 0) is 42.8 Å². The third-order valence-electron chi connectivity index (χ3n) is 4.94. The summed E-state index contributed by atoms with van der Waals surface area (Å²) >= 11 is 0. The predicted octanol–water partition coefficient (Wildman–Crippen LogP) is 6.70. The lowest BCUT2D eigenvalue weighted by atomic mass is 10.1. The first-order chi connectivity index (χ1) is 17.6. The molecule has 0 aliphatic heterocycles. The van der Waals surface area contributed by atoms with Crippen LogP contribution in [0.2, 0.25) is 0 Å². The van der Waals surface area contributed by atoms with Gasteiger partial charge in [0.25, 0.3) is 5.91 Å². The molecule has 1 aromatic heterocycles. The van der Waals surface area contributed by atoms with Crippen LogP contribution >= 0.6 is 0 Å². The van der Waals surface area contributed by atoms with Crippen molar-refractivity contribution in [1.29, 1.82) is 0 Å². The van der Waals surface area contributed by atoms with Crippen molar-refractivity contribution >= 4 is 17.4 Å². The van der Waals surface area contributed by atoms with Crippen LogP contribution in [0.15, 0.2) is 42.6 Å². The Hall–Kier alpha value is -4.36. The smallest absolute Gasteiger partial charge is 0.493 e. The Morgan fingerprint density at radius 3 is 2.18 bits per heavy atom. The zero-order chi connectivity index (χ0) is 28.4. The highest BCUT2D eigenvalue weighted by atomic mass is 19.4. The summed E-state index contributed by atoms with van der Waals surface area (Å²) in [6.45, 7) is 2.67. The topological polar surface area (TPSA) is 86.8 Å². The molecule has 1 heterocycles. The van der Waals surface area contributed by atoms with Gasteiger partial charge in [0.15, 0.2) is 23.1 Å². The van der Waals surface area contributed by atoms with E-state index in [1.54, 1.807) is 0 Å². The Morgan fingerprint density at radius 2 is 1.61 bits per heavy atom. The second kappa shape index (κ2) is 10.6. The van der Waals surface area contributed by atoms with E-state index in [0.717, 1.165) is 31.4 Å². The van der Waals surface area contributed by atoms with Crippen LogP contribution in [0, 0.1) is 12.7 Å². The van der Waals surface area contributed by atoms with E-state index >= 15 is 4.39 Å². The maximum Gasteiger partial charge on any atom is 0.573 e. The Morgan fingerprint density at radius 1 is 0.947 bits per heavy atom. The number of amides is 1. The number of nitrogens with one attached hydrogen (secondary N) is 1. The Bertz CT molecular complexity index is 1390. The van der Waals surface area contributed by atoms with Gasteiger partial charge in [-0.1, -0.05) is 0 Å². The number of pyridine rings is 1. The summed E-state index contributed by atoms with van der Waals surface area (Å²) in [5, 5.41) is 2.24. The lowest BCUT2D eigenvalue weighted by molar-refractivity contribution is -0.274. The van der Waals surface area contributed by atoms with Gasteiger partial charge < -0.3 is 19.5 Å². The number of halogens is 7. The zero-order valence-corrected chi connectivity index (χ0v) is 19.7. The molecule has 0 bridgehead atoms. The SMILES string of the molecule is COc1cc(OC(F)(F)F)ccc1Oc1ccc(C(F)(F)F)c(F)c1C(=O)Nc1cc(C(C)=O)ncc1C. The van der Waals surface area contributed by atoms with Crippen molar-refractivity contribution in [3.63, 3.8) is 0 Å². The second-order valence-corrected chi connectivity index (χ2v) is 7.66. The van der Waals surface area contributed by atoms with E-state index in [2.05, 4.69) is 15.0 Å². The van der Waals surface area contributed by atoms with Gasteiger partial charge in [0, 0.05) is 24.9 Å². The Labute approximate surface area is 210 Å². The van der Waals surface area contributed by atoms with Gasteiger partial charge in [0.2, 0.25) is 0 Å². The molecule has 1 N–H and O–H groups in total. The number of nitrogens with zero attached hydrogens (tertiary/aromatic N) is 1. The Balaban J connectivity index is 2.08. The molecule has 0 radical (unpaired) electrons. The number of carbonyl (C=O) groups excluding carboxylic acids is 2. The molecule has 1 amide bonds. The number of Topliss-reactive ketones (excluding diaryl/α,β-unsaturated/α-hetero) is 1. The van der Waals surface area contributed by atoms with Gasteiger partial charge in [-0.3, -0.25) is 14.6 Å².